The van der Waals surface area contributed by atoms with Crippen molar-refractivity contribution in [2.24, 2.45) is 5.92 Å². The molecule has 0 aromatic heterocycles. The van der Waals surface area contributed by atoms with Gasteiger partial charge in [0, 0.05) is 30.7 Å². The third kappa shape index (κ3) is 3.71. The molecule has 0 bridgehead atoms. The molecule has 3 nitrogen and oxygen atoms in total. The van der Waals surface area contributed by atoms with Crippen LogP contribution in [0.15, 0.2) is 24.3 Å². The lowest BCUT2D eigenvalue weighted by molar-refractivity contribution is 0.107. The zero-order chi connectivity index (χ0) is 13.7. The van der Waals surface area contributed by atoms with Crippen molar-refractivity contribution in [1.29, 1.82) is 0 Å². The first-order chi connectivity index (χ1) is 9.22. The lowest BCUT2D eigenvalue weighted by atomic mass is 9.99. The Bertz CT molecular complexity index is 392. The molecule has 2 rings (SSSR count). The fourth-order valence-electron chi connectivity index (χ4n) is 2.42. The molecule has 19 heavy (non-hydrogen) atoms. The molecule has 1 N–H and O–H groups in total. The summed E-state index contributed by atoms with van der Waals surface area (Å²) < 4.78 is 11.3. The van der Waals surface area contributed by atoms with Crippen LogP contribution < -0.4 is 10.1 Å². The zero-order valence-corrected chi connectivity index (χ0v) is 12.2. The monoisotopic (exact) mass is 263 g/mol. The summed E-state index contributed by atoms with van der Waals surface area (Å²) in [5.74, 6) is 2.07. The Kier molecular flexibility index (Phi) is 5.23. The van der Waals surface area contributed by atoms with Gasteiger partial charge in [-0.25, -0.2) is 0 Å². The first-order valence-electron chi connectivity index (χ1n) is 7.25. The first kappa shape index (κ1) is 14.4. The summed E-state index contributed by atoms with van der Waals surface area (Å²) in [4.78, 5) is 0. The maximum Gasteiger partial charge on any atom is 0.122 e. The lowest BCUT2D eigenvalue weighted by Gasteiger charge is -2.23. The van der Waals surface area contributed by atoms with E-state index in [0.29, 0.717) is 17.9 Å². The number of para-hydroxylation sites is 1. The van der Waals surface area contributed by atoms with Crippen LogP contribution in [-0.4, -0.2) is 32.4 Å². The van der Waals surface area contributed by atoms with Crippen LogP contribution in [0.2, 0.25) is 0 Å². The van der Waals surface area contributed by atoms with Gasteiger partial charge in [0.1, 0.15) is 5.75 Å². The van der Waals surface area contributed by atoms with Gasteiger partial charge in [-0.3, -0.25) is 0 Å². The van der Waals surface area contributed by atoms with Crippen molar-refractivity contribution in [3.63, 3.8) is 0 Å². The van der Waals surface area contributed by atoms with Gasteiger partial charge in [0.2, 0.25) is 0 Å². The van der Waals surface area contributed by atoms with E-state index < -0.39 is 0 Å². The summed E-state index contributed by atoms with van der Waals surface area (Å²) in [6.07, 6.45) is 0. The van der Waals surface area contributed by atoms with Crippen LogP contribution in [0.5, 0.6) is 5.75 Å². The molecule has 0 aliphatic carbocycles. The molecule has 0 radical (unpaired) electrons. The van der Waals surface area contributed by atoms with Crippen molar-refractivity contribution in [3.8, 4) is 5.75 Å². The van der Waals surface area contributed by atoms with Crippen LogP contribution >= 0.6 is 0 Å². The predicted octanol–water partition coefficient (Wildman–Crippen LogP) is 2.81. The topological polar surface area (TPSA) is 30.5 Å². The highest BCUT2D eigenvalue weighted by Gasteiger charge is 2.24. The van der Waals surface area contributed by atoms with E-state index in [1.165, 1.54) is 5.56 Å². The fraction of sp³-hybridized carbons (Fsp3) is 0.625. The van der Waals surface area contributed by atoms with E-state index in [0.717, 1.165) is 32.1 Å². The van der Waals surface area contributed by atoms with E-state index in [-0.39, 0.29) is 0 Å². The molecule has 0 amide bonds. The average molecular weight is 263 g/mol. The number of fused-ring (bicyclic) bond motifs is 1. The minimum Gasteiger partial charge on any atom is -0.493 e. The number of hydrogen-bond donors (Lipinski definition) is 1. The molecule has 2 unspecified atom stereocenters. The maximum absolute atomic E-state index is 5.71. The number of ether oxygens (including phenoxy) is 2. The van der Waals surface area contributed by atoms with Gasteiger partial charge in [0.25, 0.3) is 0 Å². The Balaban J connectivity index is 1.88. The third-order valence-corrected chi connectivity index (χ3v) is 3.73. The molecule has 0 spiro atoms. The number of rotatable bonds is 7. The van der Waals surface area contributed by atoms with Crippen LogP contribution in [0.25, 0.3) is 0 Å². The molecule has 0 fully saturated rings. The molecule has 1 aromatic carbocycles. The van der Waals surface area contributed by atoms with Crippen LogP contribution in [0.4, 0.5) is 0 Å². The quantitative estimate of drug-likeness (QED) is 0.820. The molecule has 1 aromatic rings. The van der Waals surface area contributed by atoms with Gasteiger partial charge in [0.05, 0.1) is 13.2 Å². The van der Waals surface area contributed by atoms with Crippen LogP contribution in [0.3, 0.4) is 0 Å². The van der Waals surface area contributed by atoms with Crippen LogP contribution in [0.1, 0.15) is 32.3 Å². The summed E-state index contributed by atoms with van der Waals surface area (Å²) in [6, 6.07) is 8.74. The summed E-state index contributed by atoms with van der Waals surface area (Å²) in [5.41, 5.74) is 1.33. The van der Waals surface area contributed by atoms with Crippen LogP contribution in [-0.2, 0) is 4.74 Å². The zero-order valence-electron chi connectivity index (χ0n) is 12.2. The average Bonchev–Trinajstić information content (AvgIpc) is 2.82. The van der Waals surface area contributed by atoms with Crippen molar-refractivity contribution >= 4 is 0 Å². The van der Waals surface area contributed by atoms with E-state index in [9.17, 15) is 0 Å². The highest BCUT2D eigenvalue weighted by Crippen LogP contribution is 2.32. The second-order valence-corrected chi connectivity index (χ2v) is 5.46. The van der Waals surface area contributed by atoms with Gasteiger partial charge in [-0.05, 0) is 18.9 Å². The normalized spacial score (nSPS) is 19.3. The van der Waals surface area contributed by atoms with Gasteiger partial charge in [-0.2, -0.15) is 0 Å². The van der Waals surface area contributed by atoms with Crippen molar-refractivity contribution in [3.05, 3.63) is 29.8 Å². The molecule has 1 aliphatic rings. The highest BCUT2D eigenvalue weighted by molar-refractivity contribution is 5.39. The van der Waals surface area contributed by atoms with Gasteiger partial charge in [-0.1, -0.05) is 32.0 Å². The molecule has 2 atom stereocenters. The largest absolute Gasteiger partial charge is 0.493 e. The molecule has 1 heterocycles. The summed E-state index contributed by atoms with van der Waals surface area (Å²) in [5, 5.41) is 3.63. The summed E-state index contributed by atoms with van der Waals surface area (Å²) in [7, 11) is 0. The third-order valence-electron chi connectivity index (χ3n) is 3.73. The minimum atomic E-state index is 0.410. The fourth-order valence-corrected chi connectivity index (χ4v) is 2.42. The number of hydrogen-bond acceptors (Lipinski definition) is 3. The van der Waals surface area contributed by atoms with Crippen molar-refractivity contribution in [2.45, 2.75) is 32.7 Å². The van der Waals surface area contributed by atoms with E-state index in [2.05, 4.69) is 37.4 Å². The molecule has 0 saturated carbocycles. The van der Waals surface area contributed by atoms with Crippen molar-refractivity contribution in [2.75, 3.05) is 26.4 Å². The van der Waals surface area contributed by atoms with Crippen molar-refractivity contribution < 1.29 is 9.47 Å². The molecular formula is C16H25NO2. The van der Waals surface area contributed by atoms with E-state index in [4.69, 9.17) is 9.47 Å². The van der Waals surface area contributed by atoms with Gasteiger partial charge >= 0.3 is 0 Å². The van der Waals surface area contributed by atoms with Gasteiger partial charge in [0.15, 0.2) is 0 Å². The number of nitrogens with one attached hydrogen (secondary N) is 1. The summed E-state index contributed by atoms with van der Waals surface area (Å²) >= 11 is 0. The van der Waals surface area contributed by atoms with Gasteiger partial charge < -0.3 is 14.8 Å². The second-order valence-electron chi connectivity index (χ2n) is 5.46. The van der Waals surface area contributed by atoms with E-state index in [1.807, 2.05) is 13.0 Å². The Hall–Kier alpha value is -1.06. The Labute approximate surface area is 116 Å². The number of benzene rings is 1. The van der Waals surface area contributed by atoms with Gasteiger partial charge in [-0.15, -0.1) is 0 Å². The highest BCUT2D eigenvalue weighted by atomic mass is 16.5. The molecule has 1 aliphatic heterocycles. The molecule has 0 saturated heterocycles. The molecular weight excluding hydrogens is 238 g/mol. The molecule has 3 heteroatoms. The lowest BCUT2D eigenvalue weighted by Crippen LogP contribution is -2.40. The SMILES string of the molecule is CCOCC(NCC1COc2ccccc21)C(C)C. The standard InChI is InChI=1S/C16H25NO2/c1-4-18-11-15(12(2)3)17-9-13-10-19-16-8-6-5-7-14(13)16/h5-8,12-13,15,17H,4,9-11H2,1-3H3. The first-order valence-corrected chi connectivity index (χ1v) is 7.25. The van der Waals surface area contributed by atoms with Crippen molar-refractivity contribution in [1.82, 2.24) is 5.32 Å². The summed E-state index contributed by atoms with van der Waals surface area (Å²) in [6.45, 7) is 9.80. The smallest absolute Gasteiger partial charge is 0.122 e. The Morgan fingerprint density at radius 3 is 2.89 bits per heavy atom. The molecule has 106 valence electrons. The van der Waals surface area contributed by atoms with E-state index >= 15 is 0 Å². The van der Waals surface area contributed by atoms with Crippen LogP contribution in [0, 0.1) is 5.92 Å². The van der Waals surface area contributed by atoms with E-state index in [1.54, 1.807) is 0 Å². The Morgan fingerprint density at radius 1 is 1.37 bits per heavy atom. The predicted molar refractivity (Wildman–Crippen MR) is 77.8 cm³/mol. The minimum absolute atomic E-state index is 0.410. The second kappa shape index (κ2) is 6.92. The Morgan fingerprint density at radius 2 is 2.16 bits per heavy atom. The maximum atomic E-state index is 5.71.